The first-order valence-corrected chi connectivity index (χ1v) is 6.61. The first kappa shape index (κ1) is 12.6. The lowest BCUT2D eigenvalue weighted by atomic mass is 9.93. The molecule has 6 heteroatoms. The smallest absolute Gasteiger partial charge is 0.387 e. The number of halogens is 2. The fourth-order valence-electron chi connectivity index (χ4n) is 2.99. The summed E-state index contributed by atoms with van der Waals surface area (Å²) in [6.07, 6.45) is 3.68. The van der Waals surface area contributed by atoms with E-state index in [0.29, 0.717) is 12.0 Å². The van der Waals surface area contributed by atoms with Crippen LogP contribution in [0.4, 0.5) is 14.6 Å². The number of hydrogen-bond donors (Lipinski definition) is 1. The topological polar surface area (TPSA) is 37.4 Å². The van der Waals surface area contributed by atoms with Crippen molar-refractivity contribution in [1.82, 2.24) is 10.3 Å². The van der Waals surface area contributed by atoms with Crippen LogP contribution in [0, 0.1) is 5.92 Å². The third kappa shape index (κ3) is 2.78. The standard InChI is InChI=1S/C13H17F2N3O/c14-13(15)19-10-1-2-12(17-7-10)18-6-4-11-9(8-18)3-5-16-11/h1-2,7,9,11,13,16H,3-6,8H2. The van der Waals surface area contributed by atoms with Crippen molar-refractivity contribution in [2.75, 3.05) is 24.5 Å². The quantitative estimate of drug-likeness (QED) is 0.909. The lowest BCUT2D eigenvalue weighted by Crippen LogP contribution is -2.44. The number of fused-ring (bicyclic) bond motifs is 1. The second kappa shape index (κ2) is 5.28. The van der Waals surface area contributed by atoms with Crippen molar-refractivity contribution in [2.45, 2.75) is 25.5 Å². The molecule has 0 aliphatic carbocycles. The van der Waals surface area contributed by atoms with E-state index in [1.54, 1.807) is 12.1 Å². The van der Waals surface area contributed by atoms with E-state index in [1.807, 2.05) is 0 Å². The van der Waals surface area contributed by atoms with Crippen LogP contribution in [0.15, 0.2) is 18.3 Å². The van der Waals surface area contributed by atoms with E-state index in [-0.39, 0.29) is 5.75 Å². The van der Waals surface area contributed by atoms with Gasteiger partial charge in [0.1, 0.15) is 11.6 Å². The van der Waals surface area contributed by atoms with Gasteiger partial charge in [-0.1, -0.05) is 0 Å². The Morgan fingerprint density at radius 3 is 3.00 bits per heavy atom. The first-order valence-electron chi connectivity index (χ1n) is 6.61. The number of nitrogens with one attached hydrogen (secondary N) is 1. The molecule has 0 amide bonds. The van der Waals surface area contributed by atoms with Crippen LogP contribution in [0.25, 0.3) is 0 Å². The molecule has 2 atom stereocenters. The maximum Gasteiger partial charge on any atom is 0.387 e. The average Bonchev–Trinajstić information content (AvgIpc) is 2.86. The second-order valence-corrected chi connectivity index (χ2v) is 5.07. The lowest BCUT2D eigenvalue weighted by molar-refractivity contribution is -0.0500. The van der Waals surface area contributed by atoms with Crippen molar-refractivity contribution < 1.29 is 13.5 Å². The van der Waals surface area contributed by atoms with Gasteiger partial charge < -0.3 is 15.0 Å². The molecule has 19 heavy (non-hydrogen) atoms. The van der Waals surface area contributed by atoms with Crippen molar-refractivity contribution in [3.63, 3.8) is 0 Å². The van der Waals surface area contributed by atoms with Crippen LogP contribution in [-0.4, -0.2) is 37.3 Å². The van der Waals surface area contributed by atoms with Gasteiger partial charge in [-0.05, 0) is 37.4 Å². The summed E-state index contributed by atoms with van der Waals surface area (Å²) in [6, 6.07) is 3.94. The van der Waals surface area contributed by atoms with E-state index in [4.69, 9.17) is 0 Å². The van der Waals surface area contributed by atoms with Crippen molar-refractivity contribution in [1.29, 1.82) is 0 Å². The summed E-state index contributed by atoms with van der Waals surface area (Å²) >= 11 is 0. The van der Waals surface area contributed by atoms with E-state index >= 15 is 0 Å². The predicted molar refractivity (Wildman–Crippen MR) is 67.6 cm³/mol. The maximum absolute atomic E-state index is 12.1. The van der Waals surface area contributed by atoms with Crippen molar-refractivity contribution >= 4 is 5.82 Å². The molecular weight excluding hydrogens is 252 g/mol. The average molecular weight is 269 g/mol. The second-order valence-electron chi connectivity index (χ2n) is 5.07. The summed E-state index contributed by atoms with van der Waals surface area (Å²) in [6.45, 7) is 0.237. The van der Waals surface area contributed by atoms with Crippen molar-refractivity contribution in [2.24, 2.45) is 5.92 Å². The number of hydrogen-bond acceptors (Lipinski definition) is 4. The van der Waals surface area contributed by atoms with Crippen molar-refractivity contribution in [3.8, 4) is 5.75 Å². The summed E-state index contributed by atoms with van der Waals surface area (Å²) in [4.78, 5) is 6.44. The van der Waals surface area contributed by atoms with E-state index < -0.39 is 6.61 Å². The van der Waals surface area contributed by atoms with Gasteiger partial charge in [0.25, 0.3) is 0 Å². The predicted octanol–water partition coefficient (Wildman–Crippen LogP) is 1.87. The van der Waals surface area contributed by atoms with Gasteiger partial charge in [0.2, 0.25) is 0 Å². The van der Waals surface area contributed by atoms with Gasteiger partial charge in [0, 0.05) is 19.1 Å². The maximum atomic E-state index is 12.1. The molecule has 2 unspecified atom stereocenters. The Labute approximate surface area is 110 Å². The Balaban J connectivity index is 1.65. The third-order valence-corrected chi connectivity index (χ3v) is 3.93. The van der Waals surface area contributed by atoms with Crippen LogP contribution in [0.1, 0.15) is 12.8 Å². The van der Waals surface area contributed by atoms with Gasteiger partial charge in [-0.3, -0.25) is 0 Å². The van der Waals surface area contributed by atoms with Crippen LogP contribution in [0.5, 0.6) is 5.75 Å². The minimum absolute atomic E-state index is 0.108. The van der Waals surface area contributed by atoms with Gasteiger partial charge in [-0.25, -0.2) is 4.98 Å². The molecule has 1 aromatic rings. The van der Waals surface area contributed by atoms with Gasteiger partial charge in [-0.15, -0.1) is 0 Å². The number of pyridine rings is 1. The van der Waals surface area contributed by atoms with E-state index in [9.17, 15) is 8.78 Å². The Hall–Kier alpha value is -1.43. The van der Waals surface area contributed by atoms with Crippen LogP contribution >= 0.6 is 0 Å². The zero-order chi connectivity index (χ0) is 13.2. The van der Waals surface area contributed by atoms with Crippen molar-refractivity contribution in [3.05, 3.63) is 18.3 Å². The lowest BCUT2D eigenvalue weighted by Gasteiger charge is -2.35. The molecule has 104 valence electrons. The molecule has 0 bridgehead atoms. The number of ether oxygens (including phenoxy) is 1. The number of rotatable bonds is 3. The normalized spacial score (nSPS) is 26.6. The highest BCUT2D eigenvalue weighted by Crippen LogP contribution is 2.28. The van der Waals surface area contributed by atoms with Gasteiger partial charge in [0.05, 0.1) is 6.20 Å². The monoisotopic (exact) mass is 269 g/mol. The third-order valence-electron chi connectivity index (χ3n) is 3.93. The van der Waals surface area contributed by atoms with Gasteiger partial charge in [-0.2, -0.15) is 8.78 Å². The Bertz CT molecular complexity index is 426. The Kier molecular flexibility index (Phi) is 3.50. The molecule has 2 saturated heterocycles. The number of piperidine rings is 1. The molecule has 0 saturated carbocycles. The summed E-state index contributed by atoms with van der Waals surface area (Å²) in [5.41, 5.74) is 0. The molecule has 1 aromatic heterocycles. The fourth-order valence-corrected chi connectivity index (χ4v) is 2.99. The van der Waals surface area contributed by atoms with Crippen LogP contribution in [0.3, 0.4) is 0 Å². The summed E-state index contributed by atoms with van der Waals surface area (Å²) in [7, 11) is 0. The number of alkyl halides is 2. The van der Waals surface area contributed by atoms with E-state index in [1.165, 1.54) is 12.6 Å². The van der Waals surface area contributed by atoms with Crippen LogP contribution in [-0.2, 0) is 0 Å². The van der Waals surface area contributed by atoms with Gasteiger partial charge >= 0.3 is 6.61 Å². The number of nitrogens with zero attached hydrogens (tertiary/aromatic N) is 2. The Morgan fingerprint density at radius 1 is 1.37 bits per heavy atom. The molecule has 3 heterocycles. The first-order chi connectivity index (χ1) is 9.22. The van der Waals surface area contributed by atoms with Crippen LogP contribution < -0.4 is 15.0 Å². The number of anilines is 1. The molecule has 2 fully saturated rings. The largest absolute Gasteiger partial charge is 0.433 e. The zero-order valence-corrected chi connectivity index (χ0v) is 10.6. The number of aromatic nitrogens is 1. The molecule has 2 aliphatic rings. The molecule has 0 aromatic carbocycles. The molecule has 2 aliphatic heterocycles. The Morgan fingerprint density at radius 2 is 2.26 bits per heavy atom. The van der Waals surface area contributed by atoms with Crippen LogP contribution in [0.2, 0.25) is 0 Å². The van der Waals surface area contributed by atoms with E-state index in [0.717, 1.165) is 31.9 Å². The molecule has 0 radical (unpaired) electrons. The molecule has 0 spiro atoms. The minimum Gasteiger partial charge on any atom is -0.433 e. The summed E-state index contributed by atoms with van der Waals surface area (Å²) < 4.78 is 28.4. The molecule has 4 nitrogen and oxygen atoms in total. The fraction of sp³-hybridized carbons (Fsp3) is 0.615. The highest BCUT2D eigenvalue weighted by Gasteiger charge is 2.32. The molecule has 1 N–H and O–H groups in total. The van der Waals surface area contributed by atoms with E-state index in [2.05, 4.69) is 19.9 Å². The highest BCUT2D eigenvalue weighted by atomic mass is 19.3. The highest BCUT2D eigenvalue weighted by molar-refractivity contribution is 5.41. The summed E-state index contributed by atoms with van der Waals surface area (Å²) in [5.74, 6) is 1.62. The minimum atomic E-state index is -2.80. The zero-order valence-electron chi connectivity index (χ0n) is 10.6. The van der Waals surface area contributed by atoms with Gasteiger partial charge in [0.15, 0.2) is 0 Å². The summed E-state index contributed by atoms with van der Waals surface area (Å²) in [5, 5.41) is 3.51. The molecule has 3 rings (SSSR count). The SMILES string of the molecule is FC(F)Oc1ccc(N2CCC3NCCC3C2)nc1. The molecular formula is C13H17F2N3O.